The Hall–Kier alpha value is -2.87. The van der Waals surface area contributed by atoms with Gasteiger partial charge in [0.1, 0.15) is 11.3 Å². The van der Waals surface area contributed by atoms with Crippen LogP contribution < -0.4 is 10.1 Å². The summed E-state index contributed by atoms with van der Waals surface area (Å²) in [6.07, 6.45) is 6.27. The molecule has 1 unspecified atom stereocenters. The topological polar surface area (TPSA) is 82.2 Å². The molecule has 2 heterocycles. The van der Waals surface area contributed by atoms with Gasteiger partial charge in [0.15, 0.2) is 0 Å². The zero-order valence-electron chi connectivity index (χ0n) is 21.8. The molecule has 0 saturated carbocycles. The molecular weight excluding hydrogens is 444 g/mol. The van der Waals surface area contributed by atoms with Gasteiger partial charge in [-0.25, -0.2) is 4.79 Å². The number of benzene rings is 1. The monoisotopic (exact) mass is 484 g/mol. The Kier molecular flexibility index (Phi) is 8.94. The normalized spacial score (nSPS) is 21.5. The lowest BCUT2D eigenvalue weighted by Crippen LogP contribution is -2.56. The minimum absolute atomic E-state index is 0.0108. The third-order valence-electron chi connectivity index (χ3n) is 7.13. The summed E-state index contributed by atoms with van der Waals surface area (Å²) in [4.78, 5) is 44.4. The van der Waals surface area contributed by atoms with Crippen molar-refractivity contribution < 1.29 is 19.1 Å². The second kappa shape index (κ2) is 11.7. The van der Waals surface area contributed by atoms with Gasteiger partial charge in [-0.2, -0.15) is 0 Å². The molecule has 192 valence electrons. The van der Waals surface area contributed by atoms with Crippen LogP contribution in [0.15, 0.2) is 30.3 Å². The van der Waals surface area contributed by atoms with Crippen LogP contribution in [0.5, 0.6) is 5.75 Å². The van der Waals surface area contributed by atoms with E-state index in [0.29, 0.717) is 51.4 Å². The Labute approximate surface area is 209 Å². The summed E-state index contributed by atoms with van der Waals surface area (Å²) >= 11 is 0. The maximum atomic E-state index is 13.6. The molecule has 1 atom stereocenters. The fourth-order valence-corrected chi connectivity index (χ4v) is 4.90. The van der Waals surface area contributed by atoms with Crippen molar-refractivity contribution in [3.8, 4) is 5.75 Å². The van der Waals surface area contributed by atoms with Crippen molar-refractivity contribution >= 4 is 23.9 Å². The number of hydrogen-bond donors (Lipinski definition) is 1. The number of carbonyl (C=O) groups is 3. The number of nitrogens with one attached hydrogen (secondary N) is 1. The number of likely N-dealkylation sites (N-methyl/N-ethyl adjacent to an activating group) is 1. The van der Waals surface area contributed by atoms with Crippen LogP contribution in [-0.2, 0) is 9.59 Å². The number of carbonyl (C=O) groups excluding carboxylic acids is 3. The number of amides is 4. The maximum absolute atomic E-state index is 13.6. The van der Waals surface area contributed by atoms with Crippen LogP contribution in [0, 0.1) is 11.8 Å². The Bertz CT molecular complexity index is 920. The van der Waals surface area contributed by atoms with Gasteiger partial charge < -0.3 is 19.9 Å². The molecule has 3 rings (SSSR count). The number of urea groups is 1. The van der Waals surface area contributed by atoms with Crippen molar-refractivity contribution in [3.05, 3.63) is 35.9 Å². The van der Waals surface area contributed by atoms with Gasteiger partial charge in [-0.15, -0.1) is 0 Å². The summed E-state index contributed by atoms with van der Waals surface area (Å²) in [6, 6.07) is 7.25. The van der Waals surface area contributed by atoms with Gasteiger partial charge in [0.05, 0.1) is 7.11 Å². The number of methoxy groups -OCH3 is 1. The highest BCUT2D eigenvalue weighted by molar-refractivity contribution is 6.07. The molecule has 1 N–H and O–H groups in total. The number of likely N-dealkylation sites (tertiary alicyclic amines) is 1. The van der Waals surface area contributed by atoms with E-state index >= 15 is 0 Å². The van der Waals surface area contributed by atoms with Gasteiger partial charge in [0.2, 0.25) is 5.91 Å². The van der Waals surface area contributed by atoms with Crippen molar-refractivity contribution in [2.75, 3.05) is 47.4 Å². The van der Waals surface area contributed by atoms with Gasteiger partial charge in [-0.1, -0.05) is 26.0 Å². The largest absolute Gasteiger partial charge is 0.497 e. The Morgan fingerprint density at radius 3 is 2.43 bits per heavy atom. The highest BCUT2D eigenvalue weighted by Gasteiger charge is 2.55. The second-order valence-electron chi connectivity index (χ2n) is 10.3. The van der Waals surface area contributed by atoms with E-state index < -0.39 is 5.54 Å². The third kappa shape index (κ3) is 6.42. The lowest BCUT2D eigenvalue weighted by molar-refractivity contribution is -0.135. The summed E-state index contributed by atoms with van der Waals surface area (Å²) in [5.74, 6) is 1.07. The van der Waals surface area contributed by atoms with Crippen LogP contribution in [0.1, 0.15) is 45.1 Å². The molecule has 0 aromatic heterocycles. The summed E-state index contributed by atoms with van der Waals surface area (Å²) < 4.78 is 5.17. The maximum Gasteiger partial charge on any atom is 0.325 e. The van der Waals surface area contributed by atoms with Crippen LogP contribution in [0.25, 0.3) is 6.08 Å². The summed E-state index contributed by atoms with van der Waals surface area (Å²) in [5, 5.41) is 3.11. The average molecular weight is 485 g/mol. The predicted octanol–water partition coefficient (Wildman–Crippen LogP) is 3.24. The van der Waals surface area contributed by atoms with E-state index in [-0.39, 0.29) is 23.8 Å². The van der Waals surface area contributed by atoms with Crippen molar-refractivity contribution in [1.29, 1.82) is 0 Å². The summed E-state index contributed by atoms with van der Waals surface area (Å²) in [5.41, 5.74) is 0.0561. The molecule has 1 aromatic rings. The van der Waals surface area contributed by atoms with Gasteiger partial charge in [-0.05, 0) is 75.4 Å². The van der Waals surface area contributed by atoms with Gasteiger partial charge in [0, 0.05) is 32.3 Å². The van der Waals surface area contributed by atoms with E-state index in [0.717, 1.165) is 17.7 Å². The van der Waals surface area contributed by atoms with Crippen LogP contribution in [0.2, 0.25) is 0 Å². The van der Waals surface area contributed by atoms with E-state index in [9.17, 15) is 14.4 Å². The van der Waals surface area contributed by atoms with E-state index in [1.807, 2.05) is 48.2 Å². The van der Waals surface area contributed by atoms with Crippen molar-refractivity contribution in [3.63, 3.8) is 0 Å². The number of piperidine rings is 1. The minimum atomic E-state index is -0.873. The van der Waals surface area contributed by atoms with E-state index in [4.69, 9.17) is 4.74 Å². The van der Waals surface area contributed by atoms with Crippen LogP contribution in [0.3, 0.4) is 0 Å². The molecular formula is C27H40N4O4. The molecule has 0 bridgehead atoms. The zero-order chi connectivity index (χ0) is 25.6. The van der Waals surface area contributed by atoms with Crippen LogP contribution >= 0.6 is 0 Å². The molecule has 2 aliphatic rings. The molecule has 0 aliphatic carbocycles. The lowest BCUT2D eigenvalue weighted by Gasteiger charge is -2.41. The number of rotatable bonds is 10. The zero-order valence-corrected chi connectivity index (χ0v) is 21.8. The Morgan fingerprint density at radius 1 is 1.20 bits per heavy atom. The minimum Gasteiger partial charge on any atom is -0.497 e. The van der Waals surface area contributed by atoms with E-state index in [2.05, 4.69) is 19.2 Å². The molecule has 0 radical (unpaired) electrons. The van der Waals surface area contributed by atoms with E-state index in [1.54, 1.807) is 19.3 Å². The molecule has 2 fully saturated rings. The third-order valence-corrected chi connectivity index (χ3v) is 7.13. The van der Waals surface area contributed by atoms with Crippen LogP contribution in [-0.4, -0.2) is 85.5 Å². The predicted molar refractivity (Wildman–Crippen MR) is 137 cm³/mol. The lowest BCUT2D eigenvalue weighted by atomic mass is 9.74. The second-order valence-corrected chi connectivity index (χ2v) is 10.3. The smallest absolute Gasteiger partial charge is 0.325 e. The van der Waals surface area contributed by atoms with Crippen molar-refractivity contribution in [2.45, 2.75) is 45.1 Å². The first-order valence-electron chi connectivity index (χ1n) is 12.6. The van der Waals surface area contributed by atoms with Crippen LogP contribution in [0.4, 0.5) is 4.79 Å². The fraction of sp³-hybridized carbons (Fsp3) is 0.593. The SMILES string of the molecule is COc1ccc(C=CC(=O)N2CCC(C3(CCC(C)C)NC(=O)N(CCN(C)C)C3=O)CC2)cc1. The molecule has 35 heavy (non-hydrogen) atoms. The van der Waals surface area contributed by atoms with Crippen molar-refractivity contribution in [1.82, 2.24) is 20.0 Å². The van der Waals surface area contributed by atoms with Gasteiger partial charge in [-0.3, -0.25) is 14.5 Å². The fourth-order valence-electron chi connectivity index (χ4n) is 4.90. The quantitative estimate of drug-likeness (QED) is 0.407. The Morgan fingerprint density at radius 2 is 1.86 bits per heavy atom. The first kappa shape index (κ1) is 26.7. The highest BCUT2D eigenvalue weighted by atomic mass is 16.5. The van der Waals surface area contributed by atoms with Gasteiger partial charge in [0.25, 0.3) is 5.91 Å². The molecule has 8 heteroatoms. The molecule has 2 aliphatic heterocycles. The standard InChI is InChI=1S/C27H40N4O4/c1-20(2)12-15-27(25(33)31(26(34)28-27)19-18-29(3)4)22-13-16-30(17-14-22)24(32)11-8-21-6-9-23(35-5)10-7-21/h6-11,20,22H,12-19H2,1-5H3,(H,28,34). The molecule has 0 spiro atoms. The summed E-state index contributed by atoms with van der Waals surface area (Å²) in [6.45, 7) is 6.42. The molecule has 2 saturated heterocycles. The first-order valence-corrected chi connectivity index (χ1v) is 12.6. The molecule has 1 aromatic carbocycles. The first-order chi connectivity index (χ1) is 16.7. The summed E-state index contributed by atoms with van der Waals surface area (Å²) in [7, 11) is 5.48. The number of ether oxygens (including phenoxy) is 1. The Balaban J connectivity index is 1.66. The highest BCUT2D eigenvalue weighted by Crippen LogP contribution is 2.38. The number of hydrogen-bond acceptors (Lipinski definition) is 5. The molecule has 4 amide bonds. The average Bonchev–Trinajstić information content (AvgIpc) is 3.09. The number of nitrogens with zero attached hydrogens (tertiary/aromatic N) is 3. The van der Waals surface area contributed by atoms with Gasteiger partial charge >= 0.3 is 6.03 Å². The molecule has 8 nitrogen and oxygen atoms in total. The van der Waals surface area contributed by atoms with E-state index in [1.165, 1.54) is 4.90 Å². The van der Waals surface area contributed by atoms with Crippen molar-refractivity contribution in [2.24, 2.45) is 11.8 Å². The number of imide groups is 1.